The monoisotopic (exact) mass is 390 g/mol. The van der Waals surface area contributed by atoms with Crippen LogP contribution in [-0.2, 0) is 19.8 Å². The average Bonchev–Trinajstić information content (AvgIpc) is 2.46. The third-order valence-electron chi connectivity index (χ3n) is 3.92. The number of ether oxygens (including phenoxy) is 2. The van der Waals surface area contributed by atoms with E-state index in [1.165, 1.54) is 6.07 Å². The maximum absolute atomic E-state index is 14.3. The molecule has 2 N–H and O–H groups in total. The maximum atomic E-state index is 14.3. The van der Waals surface area contributed by atoms with Crippen LogP contribution in [0.15, 0.2) is 23.2 Å². The van der Waals surface area contributed by atoms with Gasteiger partial charge in [0.2, 0.25) is 0 Å². The number of carbonyl (C=O) groups excluding carboxylic acids is 1. The van der Waals surface area contributed by atoms with Crippen molar-refractivity contribution in [3.63, 3.8) is 0 Å². The van der Waals surface area contributed by atoms with Gasteiger partial charge in [0.25, 0.3) is 0 Å². The second-order valence-corrected chi connectivity index (χ2v) is 7.56. The van der Waals surface area contributed by atoms with E-state index in [-0.39, 0.29) is 23.4 Å². The molecule has 0 saturated heterocycles. The van der Waals surface area contributed by atoms with Gasteiger partial charge in [-0.25, -0.2) is 4.39 Å². The first-order valence-electron chi connectivity index (χ1n) is 8.25. The van der Waals surface area contributed by atoms with Gasteiger partial charge >= 0.3 is 12.1 Å². The van der Waals surface area contributed by atoms with Gasteiger partial charge < -0.3 is 15.2 Å². The largest absolute Gasteiger partial charge is 0.460 e. The molecular weight excluding hydrogens is 368 g/mol. The minimum atomic E-state index is -4.80. The van der Waals surface area contributed by atoms with Crippen molar-refractivity contribution >= 4 is 17.4 Å². The van der Waals surface area contributed by atoms with Crippen LogP contribution in [-0.4, -0.2) is 36.2 Å². The maximum Gasteiger partial charge on any atom is 0.417 e. The second kappa shape index (κ2) is 7.10. The van der Waals surface area contributed by atoms with Crippen molar-refractivity contribution in [3.05, 3.63) is 29.6 Å². The first-order valence-corrected chi connectivity index (χ1v) is 8.25. The van der Waals surface area contributed by atoms with Crippen LogP contribution in [0.5, 0.6) is 0 Å². The lowest BCUT2D eigenvalue weighted by Crippen LogP contribution is -2.52. The third-order valence-corrected chi connectivity index (χ3v) is 3.92. The van der Waals surface area contributed by atoms with E-state index in [9.17, 15) is 22.4 Å². The molecule has 2 unspecified atom stereocenters. The molecule has 0 fully saturated rings. The summed E-state index contributed by atoms with van der Waals surface area (Å²) in [5.41, 5.74) is 2.50. The molecule has 27 heavy (non-hydrogen) atoms. The van der Waals surface area contributed by atoms with E-state index in [1.54, 1.807) is 20.8 Å². The molecule has 9 heteroatoms. The number of alkyl halides is 3. The molecule has 150 valence electrons. The molecule has 1 aliphatic rings. The highest BCUT2D eigenvalue weighted by Crippen LogP contribution is 2.43. The number of rotatable bonds is 3. The Balaban J connectivity index is 2.46. The molecule has 0 bridgehead atoms. The van der Waals surface area contributed by atoms with E-state index in [1.807, 2.05) is 0 Å². The fourth-order valence-corrected chi connectivity index (χ4v) is 2.94. The summed E-state index contributed by atoms with van der Waals surface area (Å²) in [6.07, 6.45) is -7.54. The Kier molecular flexibility index (Phi) is 5.56. The van der Waals surface area contributed by atoms with E-state index >= 15 is 0 Å². The SMILES string of the molecule is CC(C)(C)OC(=O)CC1=NC(C)(c2cc(N)ccc2F)C(C(F)(F)F)OC1. The van der Waals surface area contributed by atoms with Gasteiger partial charge in [-0.15, -0.1) is 0 Å². The van der Waals surface area contributed by atoms with Gasteiger partial charge in [-0.3, -0.25) is 9.79 Å². The number of benzene rings is 1. The van der Waals surface area contributed by atoms with Crippen LogP contribution < -0.4 is 5.73 Å². The van der Waals surface area contributed by atoms with Crippen LogP contribution in [0.1, 0.15) is 39.7 Å². The Bertz CT molecular complexity index is 756. The zero-order valence-corrected chi connectivity index (χ0v) is 15.5. The second-order valence-electron chi connectivity index (χ2n) is 7.56. The average molecular weight is 390 g/mol. The molecule has 0 radical (unpaired) electrons. The van der Waals surface area contributed by atoms with Crippen LogP contribution in [0, 0.1) is 5.82 Å². The number of carbonyl (C=O) groups is 1. The summed E-state index contributed by atoms with van der Waals surface area (Å²) in [6, 6.07) is 3.30. The first kappa shape index (κ1) is 21.1. The van der Waals surface area contributed by atoms with Crippen molar-refractivity contribution in [2.75, 3.05) is 12.3 Å². The fourth-order valence-electron chi connectivity index (χ4n) is 2.94. The molecule has 1 aromatic rings. The van der Waals surface area contributed by atoms with Crippen LogP contribution >= 0.6 is 0 Å². The number of nitrogens with zero attached hydrogens (tertiary/aromatic N) is 1. The highest BCUT2D eigenvalue weighted by Gasteiger charge is 2.56. The highest BCUT2D eigenvalue weighted by molar-refractivity contribution is 6.00. The van der Waals surface area contributed by atoms with E-state index < -0.39 is 41.8 Å². The number of hydrogen-bond acceptors (Lipinski definition) is 5. The third kappa shape index (κ3) is 4.97. The lowest BCUT2D eigenvalue weighted by atomic mass is 9.84. The predicted molar refractivity (Wildman–Crippen MR) is 91.9 cm³/mol. The standard InChI is InChI=1S/C18H22F4N2O3/c1-16(2,3)27-14(25)8-11-9-26-15(18(20,21)22)17(4,24-11)12-7-10(23)5-6-13(12)19/h5-7,15H,8-9,23H2,1-4H3. The van der Waals surface area contributed by atoms with Crippen molar-refractivity contribution in [2.24, 2.45) is 4.99 Å². The lowest BCUT2D eigenvalue weighted by Gasteiger charge is -2.39. The van der Waals surface area contributed by atoms with Crippen LogP contribution in [0.4, 0.5) is 23.2 Å². The molecule has 0 saturated carbocycles. The summed E-state index contributed by atoms with van der Waals surface area (Å²) in [5.74, 6) is -1.56. The lowest BCUT2D eigenvalue weighted by molar-refractivity contribution is -0.239. The molecule has 0 amide bonds. The highest BCUT2D eigenvalue weighted by atomic mass is 19.4. The zero-order valence-electron chi connectivity index (χ0n) is 15.5. The van der Waals surface area contributed by atoms with Crippen molar-refractivity contribution in [1.82, 2.24) is 0 Å². The Morgan fingerprint density at radius 1 is 1.37 bits per heavy atom. The molecule has 0 aromatic heterocycles. The summed E-state index contributed by atoms with van der Waals surface area (Å²) in [6.45, 7) is 5.59. The fraction of sp³-hybridized carbons (Fsp3) is 0.556. The Labute approximate surface area is 154 Å². The number of nitrogen functional groups attached to an aromatic ring is 1. The quantitative estimate of drug-likeness (QED) is 0.485. The summed E-state index contributed by atoms with van der Waals surface area (Å²) < 4.78 is 65.1. The minimum absolute atomic E-state index is 0.0362. The van der Waals surface area contributed by atoms with Gasteiger partial charge in [0.15, 0.2) is 6.10 Å². The smallest absolute Gasteiger partial charge is 0.417 e. The molecule has 1 aromatic carbocycles. The summed E-state index contributed by atoms with van der Waals surface area (Å²) in [5, 5.41) is 0. The molecular formula is C18H22F4N2O3. The van der Waals surface area contributed by atoms with Gasteiger partial charge in [-0.2, -0.15) is 13.2 Å². The first-order chi connectivity index (χ1) is 12.2. The summed E-state index contributed by atoms with van der Waals surface area (Å²) in [7, 11) is 0. The minimum Gasteiger partial charge on any atom is -0.460 e. The summed E-state index contributed by atoms with van der Waals surface area (Å²) in [4.78, 5) is 16.1. The molecule has 1 heterocycles. The number of nitrogens with two attached hydrogens (primary N) is 1. The number of hydrogen-bond donors (Lipinski definition) is 1. The number of aliphatic imine (C=N–C) groups is 1. The zero-order chi connectivity index (χ0) is 20.6. The molecule has 1 aliphatic heterocycles. The van der Waals surface area contributed by atoms with E-state index in [4.69, 9.17) is 15.2 Å². The van der Waals surface area contributed by atoms with Gasteiger partial charge in [-0.1, -0.05) is 0 Å². The number of anilines is 1. The van der Waals surface area contributed by atoms with Crippen molar-refractivity contribution in [2.45, 2.75) is 57.5 Å². The van der Waals surface area contributed by atoms with Crippen LogP contribution in [0.25, 0.3) is 0 Å². The molecule has 2 rings (SSSR count). The topological polar surface area (TPSA) is 73.9 Å². The Morgan fingerprint density at radius 2 is 2.00 bits per heavy atom. The van der Waals surface area contributed by atoms with E-state index in [0.29, 0.717) is 0 Å². The van der Waals surface area contributed by atoms with E-state index in [0.717, 1.165) is 19.1 Å². The van der Waals surface area contributed by atoms with Gasteiger partial charge in [0.05, 0.1) is 18.7 Å². The molecule has 0 spiro atoms. The molecule has 2 atom stereocenters. The molecule has 0 aliphatic carbocycles. The predicted octanol–water partition coefficient (Wildman–Crippen LogP) is 3.76. The number of halogens is 4. The van der Waals surface area contributed by atoms with Gasteiger partial charge in [0.1, 0.15) is 17.0 Å². The summed E-state index contributed by atoms with van der Waals surface area (Å²) >= 11 is 0. The number of esters is 1. The van der Waals surface area contributed by atoms with Crippen LogP contribution in [0.2, 0.25) is 0 Å². The van der Waals surface area contributed by atoms with Gasteiger partial charge in [0, 0.05) is 11.3 Å². The normalized spacial score (nSPS) is 23.7. The molecule has 5 nitrogen and oxygen atoms in total. The Morgan fingerprint density at radius 3 is 2.56 bits per heavy atom. The van der Waals surface area contributed by atoms with Crippen molar-refractivity contribution in [3.8, 4) is 0 Å². The Hall–Kier alpha value is -2.16. The van der Waals surface area contributed by atoms with Crippen molar-refractivity contribution in [1.29, 1.82) is 0 Å². The van der Waals surface area contributed by atoms with Crippen LogP contribution in [0.3, 0.4) is 0 Å². The van der Waals surface area contributed by atoms with Crippen molar-refractivity contribution < 1.29 is 31.8 Å². The van der Waals surface area contributed by atoms with E-state index in [2.05, 4.69) is 4.99 Å². The van der Waals surface area contributed by atoms with Gasteiger partial charge in [-0.05, 0) is 45.9 Å².